The van der Waals surface area contributed by atoms with Crippen LogP contribution in [0.25, 0.3) is 0 Å². The highest BCUT2D eigenvalue weighted by Gasteiger charge is 2.34. The molecule has 0 bridgehead atoms. The zero-order chi connectivity index (χ0) is 13.3. The lowest BCUT2D eigenvalue weighted by Gasteiger charge is -2.35. The number of anilines is 1. The van der Waals surface area contributed by atoms with Crippen LogP contribution in [0.4, 0.5) is 19.1 Å². The molecule has 1 saturated heterocycles. The molecule has 100 valence electrons. The summed E-state index contributed by atoms with van der Waals surface area (Å²) < 4.78 is 43.2. The molecule has 0 saturated carbocycles. The van der Waals surface area contributed by atoms with E-state index in [1.165, 1.54) is 0 Å². The first-order valence-electron chi connectivity index (χ1n) is 5.67. The van der Waals surface area contributed by atoms with Crippen molar-refractivity contribution >= 4 is 5.95 Å². The second-order valence-electron chi connectivity index (χ2n) is 4.40. The van der Waals surface area contributed by atoms with E-state index in [0.29, 0.717) is 13.1 Å². The number of ether oxygens (including phenoxy) is 1. The molecule has 2 rings (SSSR count). The van der Waals surface area contributed by atoms with Crippen molar-refractivity contribution in [2.45, 2.75) is 32.2 Å². The number of nitrogens with zero attached hydrogens (tertiary/aromatic N) is 3. The minimum Gasteiger partial charge on any atom is -0.372 e. The van der Waals surface area contributed by atoms with Crippen LogP contribution < -0.4 is 4.90 Å². The fourth-order valence-electron chi connectivity index (χ4n) is 2.00. The number of hydrogen-bond donors (Lipinski definition) is 0. The van der Waals surface area contributed by atoms with Crippen molar-refractivity contribution in [3.8, 4) is 0 Å². The summed E-state index contributed by atoms with van der Waals surface area (Å²) >= 11 is 0. The monoisotopic (exact) mass is 261 g/mol. The van der Waals surface area contributed by atoms with E-state index in [9.17, 15) is 13.2 Å². The number of rotatable bonds is 1. The third-order valence-electron chi connectivity index (χ3n) is 2.64. The summed E-state index contributed by atoms with van der Waals surface area (Å²) in [6, 6.07) is 0.872. The summed E-state index contributed by atoms with van der Waals surface area (Å²) in [6.07, 6.45) is -3.41. The van der Waals surface area contributed by atoms with Crippen LogP contribution in [0.3, 0.4) is 0 Å². The molecule has 1 aliphatic rings. The van der Waals surface area contributed by atoms with Gasteiger partial charge >= 0.3 is 6.18 Å². The maximum atomic E-state index is 12.6. The zero-order valence-electron chi connectivity index (χ0n) is 10.1. The Balaban J connectivity index is 2.23. The summed E-state index contributed by atoms with van der Waals surface area (Å²) in [5, 5.41) is 0. The predicted octanol–water partition coefficient (Wildman–Crippen LogP) is 2.11. The van der Waals surface area contributed by atoms with E-state index in [2.05, 4.69) is 9.97 Å². The van der Waals surface area contributed by atoms with E-state index in [1.807, 2.05) is 13.8 Å². The van der Waals surface area contributed by atoms with Gasteiger partial charge in [-0.25, -0.2) is 9.97 Å². The van der Waals surface area contributed by atoms with Crippen LogP contribution in [0.5, 0.6) is 0 Å². The Morgan fingerprint density at radius 2 is 1.89 bits per heavy atom. The molecule has 1 aromatic heterocycles. The van der Waals surface area contributed by atoms with Gasteiger partial charge in [-0.2, -0.15) is 13.2 Å². The summed E-state index contributed by atoms with van der Waals surface area (Å²) in [6.45, 7) is 4.73. The SMILES string of the molecule is C[C@H]1CN(c2nccc(C(F)(F)F)n2)C[C@H](C)O1. The fourth-order valence-corrected chi connectivity index (χ4v) is 2.00. The molecule has 1 aliphatic heterocycles. The van der Waals surface area contributed by atoms with Gasteiger partial charge in [-0.05, 0) is 19.9 Å². The molecule has 4 nitrogen and oxygen atoms in total. The number of morpholine rings is 1. The van der Waals surface area contributed by atoms with E-state index in [4.69, 9.17) is 4.74 Å². The Labute approximate surface area is 103 Å². The molecule has 2 heterocycles. The molecule has 1 fully saturated rings. The second kappa shape index (κ2) is 4.72. The van der Waals surface area contributed by atoms with Crippen molar-refractivity contribution in [3.05, 3.63) is 18.0 Å². The number of halogens is 3. The molecular weight excluding hydrogens is 247 g/mol. The van der Waals surface area contributed by atoms with Gasteiger partial charge in [0.2, 0.25) is 5.95 Å². The molecule has 0 spiro atoms. The van der Waals surface area contributed by atoms with Gasteiger partial charge < -0.3 is 9.64 Å². The molecule has 18 heavy (non-hydrogen) atoms. The Hall–Kier alpha value is -1.37. The van der Waals surface area contributed by atoms with E-state index in [1.54, 1.807) is 4.90 Å². The molecule has 7 heteroatoms. The van der Waals surface area contributed by atoms with Crippen molar-refractivity contribution in [2.75, 3.05) is 18.0 Å². The van der Waals surface area contributed by atoms with E-state index >= 15 is 0 Å². The van der Waals surface area contributed by atoms with Crippen LogP contribution in [0, 0.1) is 0 Å². The van der Waals surface area contributed by atoms with Gasteiger partial charge in [0.1, 0.15) is 5.69 Å². The lowest BCUT2D eigenvalue weighted by atomic mass is 10.2. The quantitative estimate of drug-likeness (QED) is 0.776. The van der Waals surface area contributed by atoms with Gasteiger partial charge in [0.05, 0.1) is 12.2 Å². The van der Waals surface area contributed by atoms with Crippen LogP contribution in [-0.2, 0) is 10.9 Å². The minimum atomic E-state index is -4.44. The largest absolute Gasteiger partial charge is 0.433 e. The highest BCUT2D eigenvalue weighted by molar-refractivity contribution is 5.32. The molecule has 0 aliphatic carbocycles. The summed E-state index contributed by atoms with van der Waals surface area (Å²) in [5.41, 5.74) is -0.917. The Morgan fingerprint density at radius 1 is 1.28 bits per heavy atom. The highest BCUT2D eigenvalue weighted by Crippen LogP contribution is 2.28. The Morgan fingerprint density at radius 3 is 2.44 bits per heavy atom. The van der Waals surface area contributed by atoms with Gasteiger partial charge in [-0.15, -0.1) is 0 Å². The predicted molar refractivity (Wildman–Crippen MR) is 59.3 cm³/mol. The first kappa shape index (κ1) is 13.1. The average molecular weight is 261 g/mol. The normalized spacial score (nSPS) is 25.3. The summed E-state index contributed by atoms with van der Waals surface area (Å²) in [5.74, 6) is 0.104. The standard InChI is InChI=1S/C11H14F3N3O/c1-7-5-17(6-8(2)18-7)10-15-4-3-9(16-10)11(12,13)14/h3-4,7-8H,5-6H2,1-2H3/t7-,8-/m0/s1. The van der Waals surface area contributed by atoms with E-state index in [0.717, 1.165) is 12.3 Å². The van der Waals surface area contributed by atoms with Crippen molar-refractivity contribution in [2.24, 2.45) is 0 Å². The second-order valence-corrected chi connectivity index (χ2v) is 4.40. The lowest BCUT2D eigenvalue weighted by Crippen LogP contribution is -2.46. The number of hydrogen-bond acceptors (Lipinski definition) is 4. The van der Waals surface area contributed by atoms with Crippen molar-refractivity contribution in [1.82, 2.24) is 9.97 Å². The van der Waals surface area contributed by atoms with Crippen LogP contribution in [0.15, 0.2) is 12.3 Å². The molecule has 0 N–H and O–H groups in total. The zero-order valence-corrected chi connectivity index (χ0v) is 10.1. The third-order valence-corrected chi connectivity index (χ3v) is 2.64. The van der Waals surface area contributed by atoms with Gasteiger partial charge in [-0.3, -0.25) is 0 Å². The molecule has 0 amide bonds. The molecular formula is C11H14F3N3O. The topological polar surface area (TPSA) is 38.2 Å². The van der Waals surface area contributed by atoms with Gasteiger partial charge in [0.25, 0.3) is 0 Å². The average Bonchev–Trinajstić information content (AvgIpc) is 2.27. The highest BCUT2D eigenvalue weighted by atomic mass is 19.4. The van der Waals surface area contributed by atoms with E-state index in [-0.39, 0.29) is 18.2 Å². The number of alkyl halides is 3. The Bertz CT molecular complexity index is 414. The lowest BCUT2D eigenvalue weighted by molar-refractivity contribution is -0.141. The summed E-state index contributed by atoms with van der Waals surface area (Å²) in [7, 11) is 0. The van der Waals surface area contributed by atoms with Crippen LogP contribution >= 0.6 is 0 Å². The summed E-state index contributed by atoms with van der Waals surface area (Å²) in [4.78, 5) is 9.19. The van der Waals surface area contributed by atoms with Crippen molar-refractivity contribution in [1.29, 1.82) is 0 Å². The first-order chi connectivity index (χ1) is 8.36. The fraction of sp³-hybridized carbons (Fsp3) is 0.636. The van der Waals surface area contributed by atoms with Crippen molar-refractivity contribution < 1.29 is 17.9 Å². The molecule has 0 aromatic carbocycles. The third kappa shape index (κ3) is 2.90. The van der Waals surface area contributed by atoms with Gasteiger partial charge in [0, 0.05) is 19.3 Å². The number of aromatic nitrogens is 2. The van der Waals surface area contributed by atoms with Crippen LogP contribution in [0.1, 0.15) is 19.5 Å². The van der Waals surface area contributed by atoms with Gasteiger partial charge in [0.15, 0.2) is 0 Å². The van der Waals surface area contributed by atoms with Gasteiger partial charge in [-0.1, -0.05) is 0 Å². The smallest absolute Gasteiger partial charge is 0.372 e. The molecule has 1 aromatic rings. The minimum absolute atomic E-state index is 0.0492. The Kier molecular flexibility index (Phi) is 3.43. The maximum absolute atomic E-state index is 12.6. The first-order valence-corrected chi connectivity index (χ1v) is 5.67. The van der Waals surface area contributed by atoms with E-state index < -0.39 is 11.9 Å². The maximum Gasteiger partial charge on any atom is 0.433 e. The molecule has 2 atom stereocenters. The molecule has 0 radical (unpaired) electrons. The van der Waals surface area contributed by atoms with Crippen LogP contribution in [-0.4, -0.2) is 35.3 Å². The van der Waals surface area contributed by atoms with Crippen molar-refractivity contribution in [3.63, 3.8) is 0 Å². The molecule has 0 unspecified atom stereocenters. The van der Waals surface area contributed by atoms with Crippen LogP contribution in [0.2, 0.25) is 0 Å².